The predicted molar refractivity (Wildman–Crippen MR) is 120 cm³/mol. The second kappa shape index (κ2) is 7.99. The van der Waals surface area contributed by atoms with Gasteiger partial charge in [-0.2, -0.15) is 0 Å². The number of fused-ring (bicyclic) bond motifs is 1. The number of pyridine rings is 1. The van der Waals surface area contributed by atoms with Crippen molar-refractivity contribution in [2.24, 2.45) is 0 Å². The first-order chi connectivity index (χ1) is 14.5. The average Bonchev–Trinajstić information content (AvgIpc) is 2.76. The lowest BCUT2D eigenvalue weighted by Crippen LogP contribution is -2.20. The molecule has 4 heteroatoms. The minimum Gasteiger partial charge on any atom is -0.497 e. The number of methoxy groups -OCH3 is 1. The number of carbonyl (C=O) groups is 1. The molecule has 0 saturated carbocycles. The number of carbonyl (C=O) groups excluding carboxylic acids is 1. The van der Waals surface area contributed by atoms with E-state index in [1.165, 1.54) is 0 Å². The maximum absolute atomic E-state index is 13.2. The van der Waals surface area contributed by atoms with Crippen LogP contribution in [0, 0.1) is 13.8 Å². The molecule has 1 aromatic heterocycles. The van der Waals surface area contributed by atoms with E-state index in [-0.39, 0.29) is 16.8 Å². The minimum atomic E-state index is -0.261. The van der Waals surface area contributed by atoms with Crippen LogP contribution in [-0.2, 0) is 6.54 Å². The number of hydrogen-bond donors (Lipinski definition) is 0. The molecule has 0 saturated heterocycles. The van der Waals surface area contributed by atoms with E-state index in [0.29, 0.717) is 17.5 Å². The monoisotopic (exact) mass is 397 g/mol. The van der Waals surface area contributed by atoms with Crippen LogP contribution in [-0.4, -0.2) is 17.5 Å². The van der Waals surface area contributed by atoms with Gasteiger partial charge in [0.2, 0.25) is 5.43 Å². The Labute approximate surface area is 175 Å². The lowest BCUT2D eigenvalue weighted by atomic mass is 10.0. The molecule has 3 aromatic carbocycles. The van der Waals surface area contributed by atoms with Crippen molar-refractivity contribution in [3.05, 3.63) is 111 Å². The van der Waals surface area contributed by atoms with Crippen LogP contribution in [0.5, 0.6) is 5.75 Å². The van der Waals surface area contributed by atoms with Crippen molar-refractivity contribution in [2.75, 3.05) is 7.11 Å². The van der Waals surface area contributed by atoms with Gasteiger partial charge in [0.1, 0.15) is 5.75 Å². The highest BCUT2D eigenvalue weighted by atomic mass is 16.5. The van der Waals surface area contributed by atoms with Gasteiger partial charge in [0.05, 0.1) is 18.2 Å². The number of aromatic nitrogens is 1. The molecule has 0 atom stereocenters. The van der Waals surface area contributed by atoms with Crippen molar-refractivity contribution in [2.45, 2.75) is 20.4 Å². The topological polar surface area (TPSA) is 48.3 Å². The summed E-state index contributed by atoms with van der Waals surface area (Å²) in [5, 5.41) is 0.552. The van der Waals surface area contributed by atoms with Gasteiger partial charge in [-0.05, 0) is 43.7 Å². The summed E-state index contributed by atoms with van der Waals surface area (Å²) in [6, 6.07) is 20.9. The fourth-order valence-electron chi connectivity index (χ4n) is 3.63. The highest BCUT2D eigenvalue weighted by Crippen LogP contribution is 2.20. The lowest BCUT2D eigenvalue weighted by Gasteiger charge is -2.14. The summed E-state index contributed by atoms with van der Waals surface area (Å²) in [7, 11) is 1.63. The summed E-state index contributed by atoms with van der Waals surface area (Å²) in [6.07, 6.45) is 1.68. The van der Waals surface area contributed by atoms with Crippen molar-refractivity contribution in [1.82, 2.24) is 4.57 Å². The molecule has 0 unspecified atom stereocenters. The number of hydrogen-bond acceptors (Lipinski definition) is 3. The van der Waals surface area contributed by atoms with Gasteiger partial charge in [0.15, 0.2) is 5.78 Å². The molecule has 150 valence electrons. The normalized spacial score (nSPS) is 10.9. The molecule has 0 aliphatic rings. The first-order valence-corrected chi connectivity index (χ1v) is 9.84. The zero-order chi connectivity index (χ0) is 21.3. The minimum absolute atomic E-state index is 0.180. The third-order valence-corrected chi connectivity index (χ3v) is 5.28. The van der Waals surface area contributed by atoms with E-state index in [4.69, 9.17) is 4.74 Å². The van der Waals surface area contributed by atoms with Crippen LogP contribution >= 0.6 is 0 Å². The molecule has 4 nitrogen and oxygen atoms in total. The third-order valence-electron chi connectivity index (χ3n) is 5.28. The quantitative estimate of drug-likeness (QED) is 0.450. The van der Waals surface area contributed by atoms with Crippen LogP contribution in [0.4, 0.5) is 0 Å². The van der Waals surface area contributed by atoms with E-state index in [9.17, 15) is 9.59 Å². The van der Waals surface area contributed by atoms with Crippen molar-refractivity contribution in [3.8, 4) is 5.75 Å². The Morgan fingerprint density at radius 2 is 1.67 bits per heavy atom. The molecule has 0 aliphatic heterocycles. The van der Waals surface area contributed by atoms with Crippen molar-refractivity contribution in [3.63, 3.8) is 0 Å². The van der Waals surface area contributed by atoms with Gasteiger partial charge in [-0.15, -0.1) is 0 Å². The molecule has 4 aromatic rings. The van der Waals surface area contributed by atoms with Gasteiger partial charge in [-0.25, -0.2) is 0 Å². The van der Waals surface area contributed by atoms with Crippen LogP contribution in [0.3, 0.4) is 0 Å². The Bertz CT molecular complexity index is 1300. The molecule has 0 amide bonds. The Kier molecular flexibility index (Phi) is 5.23. The molecule has 0 radical (unpaired) electrons. The molecule has 0 aliphatic carbocycles. The lowest BCUT2D eigenvalue weighted by molar-refractivity contribution is 0.103. The molecule has 0 spiro atoms. The summed E-state index contributed by atoms with van der Waals surface area (Å²) >= 11 is 0. The summed E-state index contributed by atoms with van der Waals surface area (Å²) in [4.78, 5) is 26.4. The Morgan fingerprint density at radius 1 is 0.933 bits per heavy atom. The number of nitrogens with zero attached hydrogens (tertiary/aromatic N) is 1. The summed E-state index contributed by atoms with van der Waals surface area (Å²) in [6.45, 7) is 4.43. The molecule has 0 bridgehead atoms. The third kappa shape index (κ3) is 3.77. The largest absolute Gasteiger partial charge is 0.497 e. The number of benzene rings is 3. The van der Waals surface area contributed by atoms with Crippen LogP contribution < -0.4 is 10.2 Å². The highest BCUT2D eigenvalue weighted by molar-refractivity contribution is 6.10. The van der Waals surface area contributed by atoms with Gasteiger partial charge in [0, 0.05) is 23.7 Å². The van der Waals surface area contributed by atoms with E-state index < -0.39 is 0 Å². The second-order valence-electron chi connectivity index (χ2n) is 7.57. The number of ether oxygens (including phenoxy) is 1. The van der Waals surface area contributed by atoms with Crippen LogP contribution in [0.1, 0.15) is 32.6 Å². The average molecular weight is 397 g/mol. The Balaban J connectivity index is 1.88. The fraction of sp³-hybridized carbons (Fsp3) is 0.154. The Morgan fingerprint density at radius 3 is 2.40 bits per heavy atom. The molecule has 1 heterocycles. The van der Waals surface area contributed by atoms with E-state index in [0.717, 1.165) is 28.0 Å². The number of rotatable bonds is 5. The van der Waals surface area contributed by atoms with Crippen molar-refractivity contribution < 1.29 is 9.53 Å². The number of aryl methyl sites for hydroxylation is 2. The Hall–Kier alpha value is -3.66. The van der Waals surface area contributed by atoms with E-state index in [1.807, 2.05) is 73.0 Å². The highest BCUT2D eigenvalue weighted by Gasteiger charge is 2.17. The predicted octanol–water partition coefficient (Wildman–Crippen LogP) is 4.91. The summed E-state index contributed by atoms with van der Waals surface area (Å²) in [5.74, 6) is 0.507. The first-order valence-electron chi connectivity index (χ1n) is 9.84. The summed E-state index contributed by atoms with van der Waals surface area (Å²) < 4.78 is 7.30. The zero-order valence-corrected chi connectivity index (χ0v) is 17.3. The van der Waals surface area contributed by atoms with E-state index in [2.05, 4.69) is 0 Å². The van der Waals surface area contributed by atoms with Gasteiger partial charge in [-0.1, -0.05) is 53.6 Å². The first kappa shape index (κ1) is 19.6. The SMILES string of the molecule is COc1cccc(Cn2cc(C(=O)c3ccc(C)cc3)c(=O)c3cc(C)ccc32)c1. The standard InChI is InChI=1S/C26H23NO3/c1-17-7-10-20(11-8-17)25(28)23-16-27(15-19-5-4-6-21(14-19)30-3)24-12-9-18(2)13-22(24)26(23)29/h4-14,16H,15H2,1-3H3. The molecular weight excluding hydrogens is 374 g/mol. The fourth-order valence-corrected chi connectivity index (χ4v) is 3.63. The van der Waals surface area contributed by atoms with Gasteiger partial charge in [0.25, 0.3) is 0 Å². The molecule has 0 fully saturated rings. The number of ketones is 1. The maximum atomic E-state index is 13.2. The van der Waals surface area contributed by atoms with Gasteiger partial charge >= 0.3 is 0 Å². The smallest absolute Gasteiger partial charge is 0.200 e. The van der Waals surface area contributed by atoms with Crippen LogP contribution in [0.15, 0.2) is 77.7 Å². The molecule has 4 rings (SSSR count). The second-order valence-corrected chi connectivity index (χ2v) is 7.57. The van der Waals surface area contributed by atoms with Gasteiger partial charge in [-0.3, -0.25) is 9.59 Å². The zero-order valence-electron chi connectivity index (χ0n) is 17.3. The van der Waals surface area contributed by atoms with Crippen molar-refractivity contribution >= 4 is 16.7 Å². The van der Waals surface area contributed by atoms with Crippen LogP contribution in [0.2, 0.25) is 0 Å². The molecule has 0 N–H and O–H groups in total. The van der Waals surface area contributed by atoms with E-state index in [1.54, 1.807) is 25.4 Å². The van der Waals surface area contributed by atoms with E-state index >= 15 is 0 Å². The van der Waals surface area contributed by atoms with Crippen LogP contribution in [0.25, 0.3) is 10.9 Å². The molecular formula is C26H23NO3. The summed E-state index contributed by atoms with van der Waals surface area (Å²) in [5.41, 5.74) is 4.32. The molecule has 30 heavy (non-hydrogen) atoms. The maximum Gasteiger partial charge on any atom is 0.200 e. The van der Waals surface area contributed by atoms with Gasteiger partial charge < -0.3 is 9.30 Å². The van der Waals surface area contributed by atoms with Crippen molar-refractivity contribution in [1.29, 1.82) is 0 Å².